The van der Waals surface area contributed by atoms with Crippen LogP contribution in [0.4, 0.5) is 18.9 Å². The lowest BCUT2D eigenvalue weighted by molar-refractivity contribution is -0.153. The van der Waals surface area contributed by atoms with Crippen LogP contribution in [0.3, 0.4) is 0 Å². The predicted octanol–water partition coefficient (Wildman–Crippen LogP) is 4.08. The summed E-state index contributed by atoms with van der Waals surface area (Å²) in [7, 11) is 0. The summed E-state index contributed by atoms with van der Waals surface area (Å²) in [5.74, 6) is 0.260. The van der Waals surface area contributed by atoms with Gasteiger partial charge in [-0.05, 0) is 56.3 Å². The number of benzene rings is 1. The molecule has 0 bridgehead atoms. The van der Waals surface area contributed by atoms with Gasteiger partial charge in [-0.25, -0.2) is 9.67 Å². The minimum atomic E-state index is -4.40. The Morgan fingerprint density at radius 1 is 1.14 bits per heavy atom. The van der Waals surface area contributed by atoms with Gasteiger partial charge in [0.25, 0.3) is 5.91 Å². The fourth-order valence-corrected chi connectivity index (χ4v) is 2.51. The van der Waals surface area contributed by atoms with E-state index in [0.717, 1.165) is 11.4 Å². The van der Waals surface area contributed by atoms with Crippen LogP contribution in [0.25, 0.3) is 5.82 Å². The molecule has 6 nitrogen and oxygen atoms in total. The van der Waals surface area contributed by atoms with E-state index in [9.17, 15) is 18.0 Å². The van der Waals surface area contributed by atoms with E-state index in [1.165, 1.54) is 30.5 Å². The lowest BCUT2D eigenvalue weighted by Crippen LogP contribution is -2.19. The second-order valence-corrected chi connectivity index (χ2v) is 6.13. The lowest BCUT2D eigenvalue weighted by Gasteiger charge is -2.10. The number of nitrogens with one attached hydrogen (secondary N) is 1. The number of anilines is 1. The Morgan fingerprint density at radius 2 is 1.86 bits per heavy atom. The van der Waals surface area contributed by atoms with Gasteiger partial charge in [0, 0.05) is 17.6 Å². The molecule has 2 aromatic heterocycles. The molecule has 3 aromatic rings. The van der Waals surface area contributed by atoms with Crippen LogP contribution in [0.2, 0.25) is 0 Å². The standard InChI is InChI=1S/C19H17F3N4O2/c1-12-9-13(2)26(25-12)17-8-3-14(10-23-17)18(27)24-15-4-6-16(7-5-15)28-11-19(20,21)22/h3-10H,11H2,1-2H3,(H,24,27). The van der Waals surface area contributed by atoms with Crippen LogP contribution in [0.1, 0.15) is 21.7 Å². The quantitative estimate of drug-likeness (QED) is 0.713. The molecule has 1 aromatic carbocycles. The van der Waals surface area contributed by atoms with Crippen molar-refractivity contribution in [1.82, 2.24) is 14.8 Å². The summed E-state index contributed by atoms with van der Waals surface area (Å²) in [5, 5.41) is 6.99. The first-order valence-electron chi connectivity index (χ1n) is 8.32. The average Bonchev–Trinajstić information content (AvgIpc) is 2.99. The van der Waals surface area contributed by atoms with Crippen molar-refractivity contribution in [2.24, 2.45) is 0 Å². The normalized spacial score (nSPS) is 11.3. The van der Waals surface area contributed by atoms with Gasteiger partial charge >= 0.3 is 6.18 Å². The Hall–Kier alpha value is -3.36. The van der Waals surface area contributed by atoms with Crippen LogP contribution < -0.4 is 10.1 Å². The van der Waals surface area contributed by atoms with Crippen molar-refractivity contribution >= 4 is 11.6 Å². The fraction of sp³-hybridized carbons (Fsp3) is 0.211. The molecule has 3 rings (SSSR count). The molecular weight excluding hydrogens is 373 g/mol. The van der Waals surface area contributed by atoms with Gasteiger partial charge in [0.15, 0.2) is 12.4 Å². The van der Waals surface area contributed by atoms with Crippen LogP contribution in [-0.2, 0) is 0 Å². The van der Waals surface area contributed by atoms with Crippen molar-refractivity contribution in [3.63, 3.8) is 0 Å². The van der Waals surface area contributed by atoms with Crippen molar-refractivity contribution in [3.8, 4) is 11.6 Å². The number of aromatic nitrogens is 3. The van der Waals surface area contributed by atoms with Crippen molar-refractivity contribution in [3.05, 3.63) is 65.6 Å². The molecular formula is C19H17F3N4O2. The van der Waals surface area contributed by atoms with E-state index in [4.69, 9.17) is 0 Å². The van der Waals surface area contributed by atoms with Gasteiger partial charge in [0.2, 0.25) is 0 Å². The first-order valence-corrected chi connectivity index (χ1v) is 8.32. The molecule has 9 heteroatoms. The summed E-state index contributed by atoms with van der Waals surface area (Å²) >= 11 is 0. The molecule has 0 spiro atoms. The van der Waals surface area contributed by atoms with Crippen molar-refractivity contribution in [2.45, 2.75) is 20.0 Å². The third-order valence-corrected chi connectivity index (χ3v) is 3.75. The van der Waals surface area contributed by atoms with Gasteiger partial charge in [-0.1, -0.05) is 0 Å². The number of carbonyl (C=O) groups is 1. The third kappa shape index (κ3) is 4.87. The van der Waals surface area contributed by atoms with Gasteiger partial charge in [0.1, 0.15) is 5.75 Å². The van der Waals surface area contributed by atoms with Gasteiger partial charge in [-0.3, -0.25) is 4.79 Å². The number of rotatable bonds is 5. The van der Waals surface area contributed by atoms with Gasteiger partial charge in [-0.15, -0.1) is 0 Å². The van der Waals surface area contributed by atoms with Crippen LogP contribution in [0, 0.1) is 13.8 Å². The van der Waals surface area contributed by atoms with Crippen LogP contribution in [0.5, 0.6) is 5.75 Å². The predicted molar refractivity (Wildman–Crippen MR) is 96.8 cm³/mol. The molecule has 146 valence electrons. The van der Waals surface area contributed by atoms with E-state index in [2.05, 4.69) is 20.1 Å². The van der Waals surface area contributed by atoms with Gasteiger partial charge in [-0.2, -0.15) is 18.3 Å². The van der Waals surface area contributed by atoms with Crippen molar-refractivity contribution in [2.75, 3.05) is 11.9 Å². The number of halogens is 3. The number of carbonyl (C=O) groups excluding carboxylic acids is 1. The smallest absolute Gasteiger partial charge is 0.422 e. The zero-order chi connectivity index (χ0) is 20.3. The molecule has 0 aliphatic carbocycles. The van der Waals surface area contributed by atoms with E-state index >= 15 is 0 Å². The fourth-order valence-electron chi connectivity index (χ4n) is 2.51. The molecule has 0 unspecified atom stereocenters. The highest BCUT2D eigenvalue weighted by atomic mass is 19.4. The highest BCUT2D eigenvalue weighted by molar-refractivity contribution is 6.04. The topological polar surface area (TPSA) is 69.0 Å². The van der Waals surface area contributed by atoms with E-state index in [1.807, 2.05) is 19.9 Å². The minimum Gasteiger partial charge on any atom is -0.484 e. The SMILES string of the molecule is Cc1cc(C)n(-c2ccc(C(=O)Nc3ccc(OCC(F)(F)F)cc3)cn2)n1. The zero-order valence-electron chi connectivity index (χ0n) is 15.1. The first kappa shape index (κ1) is 19.4. The zero-order valence-corrected chi connectivity index (χ0v) is 15.1. The molecule has 0 aliphatic rings. The maximum atomic E-state index is 12.3. The van der Waals surface area contributed by atoms with E-state index in [1.54, 1.807) is 16.8 Å². The number of hydrogen-bond donors (Lipinski definition) is 1. The third-order valence-electron chi connectivity index (χ3n) is 3.75. The highest BCUT2D eigenvalue weighted by Gasteiger charge is 2.28. The molecule has 0 radical (unpaired) electrons. The second kappa shape index (κ2) is 7.71. The molecule has 0 saturated carbocycles. The lowest BCUT2D eigenvalue weighted by atomic mass is 10.2. The van der Waals surface area contributed by atoms with Gasteiger partial charge in [0.05, 0.1) is 11.3 Å². The molecule has 28 heavy (non-hydrogen) atoms. The number of ether oxygens (including phenoxy) is 1. The Balaban J connectivity index is 1.64. The summed E-state index contributed by atoms with van der Waals surface area (Å²) in [4.78, 5) is 16.6. The van der Waals surface area contributed by atoms with Crippen LogP contribution in [-0.4, -0.2) is 33.5 Å². The Bertz CT molecular complexity index is 964. The molecule has 0 aliphatic heterocycles. The monoisotopic (exact) mass is 390 g/mol. The Morgan fingerprint density at radius 3 is 2.39 bits per heavy atom. The maximum Gasteiger partial charge on any atom is 0.422 e. The van der Waals surface area contributed by atoms with Crippen molar-refractivity contribution < 1.29 is 22.7 Å². The molecule has 0 atom stereocenters. The summed E-state index contributed by atoms with van der Waals surface area (Å²) in [6.45, 7) is 2.42. The molecule has 1 amide bonds. The number of pyridine rings is 1. The summed E-state index contributed by atoms with van der Waals surface area (Å²) in [6, 6.07) is 10.8. The van der Waals surface area contributed by atoms with E-state index in [0.29, 0.717) is 17.1 Å². The Kier molecular flexibility index (Phi) is 5.34. The molecule has 2 heterocycles. The number of aryl methyl sites for hydroxylation is 2. The van der Waals surface area contributed by atoms with Gasteiger partial charge < -0.3 is 10.1 Å². The van der Waals surface area contributed by atoms with E-state index < -0.39 is 18.7 Å². The number of amides is 1. The largest absolute Gasteiger partial charge is 0.484 e. The van der Waals surface area contributed by atoms with Crippen LogP contribution in [0.15, 0.2) is 48.7 Å². The number of alkyl halides is 3. The number of nitrogens with zero attached hydrogens (tertiary/aromatic N) is 3. The summed E-state index contributed by atoms with van der Waals surface area (Å²) in [5.41, 5.74) is 2.55. The maximum absolute atomic E-state index is 12.3. The minimum absolute atomic E-state index is 0.0613. The summed E-state index contributed by atoms with van der Waals surface area (Å²) < 4.78 is 42.7. The first-order chi connectivity index (χ1) is 13.2. The van der Waals surface area contributed by atoms with E-state index in [-0.39, 0.29) is 5.75 Å². The average molecular weight is 390 g/mol. The number of hydrogen-bond acceptors (Lipinski definition) is 4. The molecule has 1 N–H and O–H groups in total. The second-order valence-electron chi connectivity index (χ2n) is 6.13. The Labute approximate surface area is 159 Å². The molecule has 0 fully saturated rings. The molecule has 0 saturated heterocycles. The van der Waals surface area contributed by atoms with Crippen molar-refractivity contribution in [1.29, 1.82) is 0 Å². The highest BCUT2D eigenvalue weighted by Crippen LogP contribution is 2.20. The van der Waals surface area contributed by atoms with Crippen LogP contribution >= 0.6 is 0 Å². The summed E-state index contributed by atoms with van der Waals surface area (Å²) in [6.07, 6.45) is -2.97.